The van der Waals surface area contributed by atoms with Crippen molar-refractivity contribution in [3.8, 4) is 0 Å². The standard InChI is InChI=1S/C19H26N4O3/c1-2-22(13-15-10-6-7-11-26-15)16-17(20)23(19(25)21-18(16)24)12-14-8-4-3-5-9-14/h3-5,8-9,15H,2,6-7,10-13,20H2,1H3,(H,21,24,25). The molecule has 0 saturated carbocycles. The van der Waals surface area contributed by atoms with Gasteiger partial charge in [-0.05, 0) is 31.7 Å². The molecule has 0 amide bonds. The van der Waals surface area contributed by atoms with Crippen LogP contribution in [0.15, 0.2) is 39.9 Å². The number of aromatic nitrogens is 2. The molecule has 26 heavy (non-hydrogen) atoms. The van der Waals surface area contributed by atoms with Crippen LogP contribution in [0.1, 0.15) is 31.7 Å². The molecule has 2 aromatic rings. The number of hydrogen-bond donors (Lipinski definition) is 2. The van der Waals surface area contributed by atoms with Crippen LogP contribution >= 0.6 is 0 Å². The number of likely N-dealkylation sites (N-methyl/N-ethyl adjacent to an activating group) is 1. The summed E-state index contributed by atoms with van der Waals surface area (Å²) in [5, 5.41) is 0. The zero-order valence-electron chi connectivity index (χ0n) is 15.1. The summed E-state index contributed by atoms with van der Waals surface area (Å²) < 4.78 is 7.21. The summed E-state index contributed by atoms with van der Waals surface area (Å²) in [6, 6.07) is 9.56. The minimum Gasteiger partial charge on any atom is -0.383 e. The van der Waals surface area contributed by atoms with Gasteiger partial charge in [-0.2, -0.15) is 0 Å². The van der Waals surface area contributed by atoms with Gasteiger partial charge in [0.15, 0.2) is 0 Å². The lowest BCUT2D eigenvalue weighted by atomic mass is 10.1. The average Bonchev–Trinajstić information content (AvgIpc) is 2.66. The summed E-state index contributed by atoms with van der Waals surface area (Å²) in [6.45, 7) is 4.23. The first-order valence-electron chi connectivity index (χ1n) is 9.13. The van der Waals surface area contributed by atoms with E-state index < -0.39 is 11.2 Å². The van der Waals surface area contributed by atoms with E-state index in [0.717, 1.165) is 31.4 Å². The fourth-order valence-electron chi connectivity index (χ4n) is 3.38. The van der Waals surface area contributed by atoms with Gasteiger partial charge < -0.3 is 15.4 Å². The molecule has 0 bridgehead atoms. The van der Waals surface area contributed by atoms with E-state index in [4.69, 9.17) is 10.5 Å². The molecule has 0 radical (unpaired) electrons. The van der Waals surface area contributed by atoms with Crippen molar-refractivity contribution >= 4 is 11.5 Å². The number of anilines is 2. The van der Waals surface area contributed by atoms with Crippen LogP contribution < -0.4 is 21.9 Å². The van der Waals surface area contributed by atoms with Gasteiger partial charge in [0, 0.05) is 19.7 Å². The van der Waals surface area contributed by atoms with Crippen molar-refractivity contribution in [3.05, 3.63) is 56.7 Å². The van der Waals surface area contributed by atoms with Crippen LogP contribution in [0, 0.1) is 0 Å². The number of benzene rings is 1. The minimum atomic E-state index is -0.495. The monoisotopic (exact) mass is 358 g/mol. The molecule has 3 N–H and O–H groups in total. The Kier molecular flexibility index (Phi) is 5.78. The molecule has 1 aromatic heterocycles. The molecule has 0 aliphatic carbocycles. The van der Waals surface area contributed by atoms with Gasteiger partial charge in [0.25, 0.3) is 5.56 Å². The highest BCUT2D eigenvalue weighted by Crippen LogP contribution is 2.21. The highest BCUT2D eigenvalue weighted by atomic mass is 16.5. The molecular weight excluding hydrogens is 332 g/mol. The quantitative estimate of drug-likeness (QED) is 0.817. The average molecular weight is 358 g/mol. The summed E-state index contributed by atoms with van der Waals surface area (Å²) in [4.78, 5) is 29.1. The Hall–Kier alpha value is -2.54. The van der Waals surface area contributed by atoms with Crippen LogP contribution in [0.3, 0.4) is 0 Å². The van der Waals surface area contributed by atoms with E-state index in [0.29, 0.717) is 25.3 Å². The van der Waals surface area contributed by atoms with Gasteiger partial charge in [-0.15, -0.1) is 0 Å². The van der Waals surface area contributed by atoms with Crippen molar-refractivity contribution in [1.82, 2.24) is 9.55 Å². The maximum Gasteiger partial charge on any atom is 0.330 e. The highest BCUT2D eigenvalue weighted by molar-refractivity contribution is 5.62. The predicted octanol–water partition coefficient (Wildman–Crippen LogP) is 1.56. The predicted molar refractivity (Wildman–Crippen MR) is 103 cm³/mol. The highest BCUT2D eigenvalue weighted by Gasteiger charge is 2.22. The molecule has 3 rings (SSSR count). The molecule has 2 heterocycles. The van der Waals surface area contributed by atoms with E-state index in [2.05, 4.69) is 4.98 Å². The van der Waals surface area contributed by atoms with E-state index in [1.165, 1.54) is 4.57 Å². The van der Waals surface area contributed by atoms with Crippen LogP contribution in [0.25, 0.3) is 0 Å². The van der Waals surface area contributed by atoms with Crippen LogP contribution in [0.2, 0.25) is 0 Å². The topological polar surface area (TPSA) is 93.3 Å². The summed E-state index contributed by atoms with van der Waals surface area (Å²) in [5.74, 6) is 0.195. The number of hydrogen-bond acceptors (Lipinski definition) is 5. The Labute approximate surface area is 152 Å². The first-order chi connectivity index (χ1) is 12.6. The lowest BCUT2D eigenvalue weighted by molar-refractivity contribution is 0.0211. The fourth-order valence-corrected chi connectivity index (χ4v) is 3.38. The Balaban J connectivity index is 1.93. The van der Waals surface area contributed by atoms with Gasteiger partial charge in [0.05, 0.1) is 12.6 Å². The Morgan fingerprint density at radius 2 is 2.04 bits per heavy atom. The molecule has 1 unspecified atom stereocenters. The third-order valence-electron chi connectivity index (χ3n) is 4.79. The first-order valence-corrected chi connectivity index (χ1v) is 9.13. The molecule has 7 heteroatoms. The molecule has 140 valence electrons. The molecule has 1 aliphatic heterocycles. The summed E-state index contributed by atoms with van der Waals surface area (Å²) >= 11 is 0. The largest absolute Gasteiger partial charge is 0.383 e. The zero-order chi connectivity index (χ0) is 18.5. The number of nitrogens with one attached hydrogen (secondary N) is 1. The molecule has 0 spiro atoms. The molecule has 1 atom stereocenters. The van der Waals surface area contributed by atoms with E-state index in [9.17, 15) is 9.59 Å². The van der Waals surface area contributed by atoms with E-state index >= 15 is 0 Å². The third-order valence-corrected chi connectivity index (χ3v) is 4.79. The SMILES string of the molecule is CCN(CC1CCCCO1)c1c(N)n(Cc2ccccc2)c(=O)[nH]c1=O. The Morgan fingerprint density at radius 3 is 2.69 bits per heavy atom. The van der Waals surface area contributed by atoms with Crippen LogP contribution in [-0.2, 0) is 11.3 Å². The Morgan fingerprint density at radius 1 is 1.27 bits per heavy atom. The van der Waals surface area contributed by atoms with Crippen molar-refractivity contribution < 1.29 is 4.74 Å². The van der Waals surface area contributed by atoms with Gasteiger partial charge in [0.2, 0.25) is 0 Å². The lowest BCUT2D eigenvalue weighted by Gasteiger charge is -2.31. The Bertz CT molecular complexity index is 838. The number of H-pyrrole nitrogens is 1. The molecule has 1 aromatic carbocycles. The third kappa shape index (κ3) is 3.99. The number of nitrogens with zero attached hydrogens (tertiary/aromatic N) is 2. The van der Waals surface area contributed by atoms with Gasteiger partial charge >= 0.3 is 5.69 Å². The second kappa shape index (κ2) is 8.23. The number of nitrogens with two attached hydrogens (primary N) is 1. The molecule has 1 saturated heterocycles. The maximum atomic E-state index is 12.5. The smallest absolute Gasteiger partial charge is 0.330 e. The normalized spacial score (nSPS) is 17.2. The van der Waals surface area contributed by atoms with Crippen molar-refractivity contribution in [2.24, 2.45) is 0 Å². The zero-order valence-corrected chi connectivity index (χ0v) is 15.1. The van der Waals surface area contributed by atoms with Gasteiger partial charge in [-0.3, -0.25) is 14.3 Å². The fraction of sp³-hybridized carbons (Fsp3) is 0.474. The van der Waals surface area contributed by atoms with E-state index in [1.807, 2.05) is 42.2 Å². The van der Waals surface area contributed by atoms with Crippen molar-refractivity contribution in [1.29, 1.82) is 0 Å². The molecular formula is C19H26N4O3. The van der Waals surface area contributed by atoms with E-state index in [1.54, 1.807) is 0 Å². The first kappa shape index (κ1) is 18.3. The number of nitrogen functional groups attached to an aromatic ring is 1. The van der Waals surface area contributed by atoms with Crippen molar-refractivity contribution in [2.45, 2.75) is 38.8 Å². The molecule has 1 fully saturated rings. The van der Waals surface area contributed by atoms with Crippen molar-refractivity contribution in [3.63, 3.8) is 0 Å². The second-order valence-corrected chi connectivity index (χ2v) is 6.59. The van der Waals surface area contributed by atoms with Crippen LogP contribution in [0.4, 0.5) is 11.5 Å². The van der Waals surface area contributed by atoms with Gasteiger partial charge in [-0.1, -0.05) is 30.3 Å². The van der Waals surface area contributed by atoms with Crippen LogP contribution in [0.5, 0.6) is 0 Å². The minimum absolute atomic E-state index is 0.0806. The van der Waals surface area contributed by atoms with Crippen LogP contribution in [-0.4, -0.2) is 35.4 Å². The summed E-state index contributed by atoms with van der Waals surface area (Å²) in [6.07, 6.45) is 3.25. The maximum absolute atomic E-state index is 12.5. The second-order valence-electron chi connectivity index (χ2n) is 6.59. The summed E-state index contributed by atoms with van der Waals surface area (Å²) in [5.41, 5.74) is 6.62. The van der Waals surface area contributed by atoms with Gasteiger partial charge in [-0.25, -0.2) is 4.79 Å². The number of rotatable bonds is 6. The molecule has 7 nitrogen and oxygen atoms in total. The van der Waals surface area contributed by atoms with E-state index in [-0.39, 0.29) is 11.9 Å². The summed E-state index contributed by atoms with van der Waals surface area (Å²) in [7, 11) is 0. The number of aromatic amines is 1. The molecule has 1 aliphatic rings. The number of ether oxygens (including phenoxy) is 1. The van der Waals surface area contributed by atoms with Gasteiger partial charge in [0.1, 0.15) is 11.5 Å². The van der Waals surface area contributed by atoms with Crippen molar-refractivity contribution in [2.75, 3.05) is 30.3 Å². The lowest BCUT2D eigenvalue weighted by Crippen LogP contribution is -2.42.